The summed E-state index contributed by atoms with van der Waals surface area (Å²) in [5, 5.41) is 3.46. The highest BCUT2D eigenvalue weighted by Gasteiger charge is 2.33. The Bertz CT molecular complexity index is 3380. The van der Waals surface area contributed by atoms with Crippen LogP contribution >= 0.6 is 11.8 Å². The fourth-order valence-electron chi connectivity index (χ4n) is 8.90. The molecule has 61 heavy (non-hydrogen) atoms. The minimum Gasteiger partial charge on any atom is -0.456 e. The van der Waals surface area contributed by atoms with E-state index in [0.717, 1.165) is 67.4 Å². The molecule has 0 fully saturated rings. The lowest BCUT2D eigenvalue weighted by Crippen LogP contribution is -2.19. The van der Waals surface area contributed by atoms with Gasteiger partial charge in [-0.05, 0) is 101 Å². The van der Waals surface area contributed by atoms with Gasteiger partial charge in [0.25, 0.3) is 0 Å². The minimum absolute atomic E-state index is 0.857. The summed E-state index contributed by atoms with van der Waals surface area (Å²) in [6.45, 7) is 0. The van der Waals surface area contributed by atoms with Crippen LogP contribution in [0.4, 0.5) is 34.3 Å². The summed E-state index contributed by atoms with van der Waals surface area (Å²) in [6, 6.07) is 80.3. The third kappa shape index (κ3) is 6.01. The maximum absolute atomic E-state index is 6.48. The molecule has 0 unspecified atom stereocenters. The Morgan fingerprint density at radius 2 is 0.918 bits per heavy atom. The van der Waals surface area contributed by atoms with Crippen molar-refractivity contribution < 1.29 is 4.42 Å². The number of aromatic nitrogens is 1. The second-order valence-electron chi connectivity index (χ2n) is 15.4. The Balaban J connectivity index is 1.02. The van der Waals surface area contributed by atoms with Gasteiger partial charge in [0.2, 0.25) is 0 Å². The van der Waals surface area contributed by atoms with Gasteiger partial charge in [-0.3, -0.25) is 9.47 Å². The number of hydrogen-bond donors (Lipinski definition) is 0. The van der Waals surface area contributed by atoms with Crippen LogP contribution in [0.5, 0.6) is 0 Å². The number of hydrogen-bond acceptors (Lipinski definition) is 4. The zero-order chi connectivity index (χ0) is 40.3. The van der Waals surface area contributed by atoms with Gasteiger partial charge in [-0.1, -0.05) is 151 Å². The van der Waals surface area contributed by atoms with E-state index in [1.807, 2.05) is 23.9 Å². The first-order valence-corrected chi connectivity index (χ1v) is 21.4. The molecule has 11 aromatic rings. The van der Waals surface area contributed by atoms with Crippen LogP contribution in [0.15, 0.2) is 239 Å². The largest absolute Gasteiger partial charge is 0.456 e. The summed E-state index contributed by atoms with van der Waals surface area (Å²) < 4.78 is 8.90. The van der Waals surface area contributed by atoms with Crippen molar-refractivity contribution in [1.82, 2.24) is 4.57 Å². The van der Waals surface area contributed by atoms with Crippen molar-refractivity contribution in [2.24, 2.45) is 0 Å². The fourth-order valence-corrected chi connectivity index (χ4v) is 10.1. The number of anilines is 6. The van der Waals surface area contributed by atoms with Gasteiger partial charge in [-0.2, -0.15) is 0 Å². The van der Waals surface area contributed by atoms with E-state index in [-0.39, 0.29) is 0 Å². The number of nitrogens with zero attached hydrogens (tertiary/aromatic N) is 3. The molecule has 3 heterocycles. The Morgan fingerprint density at radius 1 is 0.393 bits per heavy atom. The molecular weight excluding hydrogens is 763 g/mol. The maximum Gasteiger partial charge on any atom is 0.137 e. The second-order valence-corrected chi connectivity index (χ2v) is 16.4. The van der Waals surface area contributed by atoms with Crippen LogP contribution in [0.3, 0.4) is 0 Å². The molecule has 12 rings (SSSR count). The highest BCUT2D eigenvalue weighted by Crippen LogP contribution is 2.57. The zero-order valence-electron chi connectivity index (χ0n) is 33.0. The highest BCUT2D eigenvalue weighted by atomic mass is 32.2. The molecule has 5 heteroatoms. The Morgan fingerprint density at radius 3 is 1.64 bits per heavy atom. The summed E-state index contributed by atoms with van der Waals surface area (Å²) >= 11 is 1.85. The van der Waals surface area contributed by atoms with Gasteiger partial charge in [-0.25, -0.2) is 0 Å². The van der Waals surface area contributed by atoms with E-state index in [0.29, 0.717) is 0 Å². The van der Waals surface area contributed by atoms with Gasteiger partial charge < -0.3 is 9.32 Å². The van der Waals surface area contributed by atoms with Gasteiger partial charge in [0.1, 0.15) is 17.0 Å². The molecular formula is C56H37N3OS. The van der Waals surface area contributed by atoms with E-state index in [1.54, 1.807) is 0 Å². The van der Waals surface area contributed by atoms with Crippen molar-refractivity contribution in [2.75, 3.05) is 9.80 Å². The van der Waals surface area contributed by atoms with E-state index in [4.69, 9.17) is 4.42 Å². The van der Waals surface area contributed by atoms with Crippen molar-refractivity contribution in [2.45, 2.75) is 9.79 Å². The van der Waals surface area contributed by atoms with Crippen molar-refractivity contribution >= 4 is 78.9 Å². The average molecular weight is 800 g/mol. The Kier molecular flexibility index (Phi) is 8.39. The molecule has 0 bridgehead atoms. The van der Waals surface area contributed by atoms with Crippen LogP contribution in [-0.2, 0) is 0 Å². The third-order valence-corrected chi connectivity index (χ3v) is 12.9. The fraction of sp³-hybridized carbons (Fsp3) is 0. The molecule has 0 spiro atoms. The van der Waals surface area contributed by atoms with E-state index in [1.165, 1.54) is 37.4 Å². The molecule has 0 radical (unpaired) electrons. The van der Waals surface area contributed by atoms with E-state index >= 15 is 0 Å². The van der Waals surface area contributed by atoms with Crippen molar-refractivity contribution in [3.05, 3.63) is 224 Å². The first-order chi connectivity index (χ1) is 30.2. The van der Waals surface area contributed by atoms with Crippen LogP contribution in [0.2, 0.25) is 0 Å². The van der Waals surface area contributed by atoms with Gasteiger partial charge in [0.05, 0.1) is 16.1 Å². The van der Waals surface area contributed by atoms with Crippen LogP contribution in [-0.4, -0.2) is 4.57 Å². The van der Waals surface area contributed by atoms with E-state index in [9.17, 15) is 0 Å². The van der Waals surface area contributed by atoms with Crippen molar-refractivity contribution in [3.8, 4) is 27.9 Å². The Labute approximate surface area is 358 Å². The van der Waals surface area contributed by atoms with Gasteiger partial charge >= 0.3 is 0 Å². The Hall–Kier alpha value is -7.73. The maximum atomic E-state index is 6.48. The standard InChI is InChI=1S/C56H37N3OS/c1-4-14-38(15-5-1)39-24-26-40(27-25-39)41-28-30-44(31-29-41)57(46-32-34-48-47-20-11-13-23-52(47)60-53(48)37-46)45-33-35-54-51(36-45)59(43-18-8-3-9-19-43)56-55(61-54)49-21-10-12-22-50(49)58(56)42-16-6-2-7-17-42/h1-37H. The first-order valence-electron chi connectivity index (χ1n) is 20.6. The lowest BCUT2D eigenvalue weighted by atomic mass is 10.00. The minimum atomic E-state index is 0.857. The van der Waals surface area contributed by atoms with Crippen molar-refractivity contribution in [1.29, 1.82) is 0 Å². The molecule has 0 amide bonds. The quantitative estimate of drug-likeness (QED) is 0.160. The van der Waals surface area contributed by atoms with Gasteiger partial charge in [0.15, 0.2) is 0 Å². The normalized spacial score (nSPS) is 12.2. The summed E-state index contributed by atoms with van der Waals surface area (Å²) in [4.78, 5) is 7.23. The van der Waals surface area contributed by atoms with Crippen LogP contribution in [0.25, 0.3) is 60.8 Å². The lowest BCUT2D eigenvalue weighted by Gasteiger charge is -2.34. The van der Waals surface area contributed by atoms with Crippen LogP contribution in [0.1, 0.15) is 0 Å². The van der Waals surface area contributed by atoms with Crippen LogP contribution < -0.4 is 9.80 Å². The number of rotatable bonds is 7. The van der Waals surface area contributed by atoms with Crippen LogP contribution in [0, 0.1) is 0 Å². The molecule has 0 atom stereocenters. The average Bonchev–Trinajstić information content (AvgIpc) is 3.87. The van der Waals surface area contributed by atoms with Gasteiger partial charge in [0, 0.05) is 55.6 Å². The second kappa shape index (κ2) is 14.5. The van der Waals surface area contributed by atoms with E-state index < -0.39 is 0 Å². The summed E-state index contributed by atoms with van der Waals surface area (Å²) in [5.74, 6) is 1.13. The lowest BCUT2D eigenvalue weighted by molar-refractivity contribution is 0.669. The number of furan rings is 1. The molecule has 288 valence electrons. The van der Waals surface area contributed by atoms with E-state index in [2.05, 4.69) is 227 Å². The molecule has 0 saturated heterocycles. The molecule has 0 aliphatic carbocycles. The SMILES string of the molecule is c1ccc(-c2ccc(-c3ccc(N(c4ccc5c(c4)N(c4ccccc4)c4c(c6ccccc6n4-c4ccccc4)S5)c4ccc5c(c4)oc4ccccc45)cc3)cc2)cc1. The summed E-state index contributed by atoms with van der Waals surface area (Å²) in [5.41, 5.74) is 14.1. The summed E-state index contributed by atoms with van der Waals surface area (Å²) in [7, 11) is 0. The van der Waals surface area contributed by atoms with Crippen molar-refractivity contribution in [3.63, 3.8) is 0 Å². The molecule has 4 nitrogen and oxygen atoms in total. The smallest absolute Gasteiger partial charge is 0.137 e. The molecule has 1 aliphatic heterocycles. The molecule has 1 aliphatic rings. The molecule has 9 aromatic carbocycles. The highest BCUT2D eigenvalue weighted by molar-refractivity contribution is 8.00. The predicted octanol–water partition coefficient (Wildman–Crippen LogP) is 16.3. The summed E-state index contributed by atoms with van der Waals surface area (Å²) in [6.07, 6.45) is 0. The predicted molar refractivity (Wildman–Crippen MR) is 255 cm³/mol. The van der Waals surface area contributed by atoms with Gasteiger partial charge in [-0.15, -0.1) is 0 Å². The number of fused-ring (bicyclic) bond motifs is 7. The monoisotopic (exact) mass is 799 g/mol. The number of para-hydroxylation sites is 4. The number of benzene rings is 9. The molecule has 0 N–H and O–H groups in total. The molecule has 2 aromatic heterocycles. The topological polar surface area (TPSA) is 24.6 Å². The first kappa shape index (κ1) is 35.2. The third-order valence-electron chi connectivity index (χ3n) is 11.8. The zero-order valence-corrected chi connectivity index (χ0v) is 33.8. The molecule has 0 saturated carbocycles.